The molecule has 30 heavy (non-hydrogen) atoms. The van der Waals surface area contributed by atoms with Gasteiger partial charge in [-0.2, -0.15) is 0 Å². The molecule has 2 aromatic heterocycles. The third-order valence-corrected chi connectivity index (χ3v) is 5.15. The Morgan fingerprint density at radius 2 is 2.03 bits per heavy atom. The number of fused-ring (bicyclic) bond motifs is 1. The molecule has 1 aliphatic rings. The Morgan fingerprint density at radius 1 is 1.23 bits per heavy atom. The van der Waals surface area contributed by atoms with Crippen molar-refractivity contribution in [1.82, 2.24) is 19.7 Å². The quantitative estimate of drug-likeness (QED) is 0.674. The van der Waals surface area contributed by atoms with Crippen LogP contribution in [0, 0.1) is 13.8 Å². The lowest BCUT2D eigenvalue weighted by Gasteiger charge is -2.26. The Balaban J connectivity index is 1.38. The van der Waals surface area contributed by atoms with Crippen molar-refractivity contribution < 1.29 is 14.3 Å². The highest BCUT2D eigenvalue weighted by atomic mass is 16.5. The Kier molecular flexibility index (Phi) is 5.96. The van der Waals surface area contributed by atoms with Crippen molar-refractivity contribution >= 4 is 22.6 Å². The van der Waals surface area contributed by atoms with Crippen molar-refractivity contribution in [3.05, 3.63) is 47.2 Å². The molecule has 0 aliphatic carbocycles. The molecule has 0 atom stereocenters. The lowest BCUT2D eigenvalue weighted by molar-refractivity contribution is -0.118. The largest absolute Gasteiger partial charge is 0.466 e. The number of carbonyl (C=O) groups is 1. The van der Waals surface area contributed by atoms with Gasteiger partial charge >= 0.3 is 0 Å². The van der Waals surface area contributed by atoms with E-state index in [-0.39, 0.29) is 12.5 Å². The van der Waals surface area contributed by atoms with Crippen LogP contribution in [0.2, 0.25) is 0 Å². The summed E-state index contributed by atoms with van der Waals surface area (Å²) in [7, 11) is 1.82. The van der Waals surface area contributed by atoms with Crippen LogP contribution >= 0.6 is 0 Å². The molecule has 0 unspecified atom stereocenters. The third-order valence-electron chi connectivity index (χ3n) is 5.15. The first-order valence-electron chi connectivity index (χ1n) is 10.1. The van der Waals surface area contributed by atoms with E-state index in [0.717, 1.165) is 66.4 Å². The Labute approximate surface area is 175 Å². The first kappa shape index (κ1) is 20.3. The molecule has 4 rings (SSSR count). The van der Waals surface area contributed by atoms with Gasteiger partial charge in [0.15, 0.2) is 12.3 Å². The van der Waals surface area contributed by atoms with Crippen LogP contribution in [-0.2, 0) is 23.1 Å². The van der Waals surface area contributed by atoms with Crippen molar-refractivity contribution in [1.29, 1.82) is 0 Å². The molecule has 1 amide bonds. The van der Waals surface area contributed by atoms with Crippen LogP contribution in [0.5, 0.6) is 5.88 Å². The lowest BCUT2D eigenvalue weighted by atomic mass is 10.2. The van der Waals surface area contributed by atoms with Gasteiger partial charge in [0, 0.05) is 38.1 Å². The van der Waals surface area contributed by atoms with Gasteiger partial charge in [-0.05, 0) is 43.2 Å². The molecule has 158 valence electrons. The van der Waals surface area contributed by atoms with Crippen molar-refractivity contribution in [3.63, 3.8) is 0 Å². The number of nitrogens with zero attached hydrogens (tertiary/aromatic N) is 4. The van der Waals surface area contributed by atoms with Crippen LogP contribution in [0.4, 0.5) is 5.69 Å². The number of anilines is 1. The maximum Gasteiger partial charge on any atom is 0.262 e. The summed E-state index contributed by atoms with van der Waals surface area (Å²) in [5.74, 6) is 0.198. The first-order valence-corrected chi connectivity index (χ1v) is 10.1. The second-order valence-corrected chi connectivity index (χ2v) is 7.63. The number of hydrogen-bond acceptors (Lipinski definition) is 6. The number of ether oxygens (including phenoxy) is 2. The number of aromatic nitrogens is 3. The number of rotatable bonds is 6. The minimum atomic E-state index is -0.227. The molecular formula is C22H27N5O3. The zero-order valence-electron chi connectivity index (χ0n) is 17.6. The van der Waals surface area contributed by atoms with Gasteiger partial charge in [-0.1, -0.05) is 12.1 Å². The number of amides is 1. The second-order valence-electron chi connectivity index (χ2n) is 7.63. The highest BCUT2D eigenvalue weighted by Crippen LogP contribution is 2.27. The molecule has 1 saturated heterocycles. The number of carbonyl (C=O) groups excluding carboxylic acids is 1. The summed E-state index contributed by atoms with van der Waals surface area (Å²) in [6.07, 6.45) is 0. The minimum absolute atomic E-state index is 0.118. The maximum atomic E-state index is 12.5. The van der Waals surface area contributed by atoms with E-state index in [1.54, 1.807) is 4.68 Å². The second kappa shape index (κ2) is 8.81. The van der Waals surface area contributed by atoms with E-state index in [1.807, 2.05) is 45.2 Å². The van der Waals surface area contributed by atoms with Crippen molar-refractivity contribution in [3.8, 4) is 5.88 Å². The summed E-state index contributed by atoms with van der Waals surface area (Å²) in [4.78, 5) is 19.3. The minimum Gasteiger partial charge on any atom is -0.466 e. The van der Waals surface area contributed by atoms with Gasteiger partial charge in [0.25, 0.3) is 5.91 Å². The highest BCUT2D eigenvalue weighted by molar-refractivity contribution is 5.92. The van der Waals surface area contributed by atoms with Crippen molar-refractivity contribution in [2.45, 2.75) is 20.4 Å². The number of benzene rings is 1. The van der Waals surface area contributed by atoms with E-state index in [9.17, 15) is 4.79 Å². The Bertz CT molecular complexity index is 1060. The first-order chi connectivity index (χ1) is 14.5. The van der Waals surface area contributed by atoms with E-state index in [2.05, 4.69) is 26.4 Å². The normalized spacial score (nSPS) is 14.8. The van der Waals surface area contributed by atoms with E-state index in [1.165, 1.54) is 0 Å². The van der Waals surface area contributed by atoms with E-state index in [4.69, 9.17) is 9.47 Å². The Morgan fingerprint density at radius 3 is 2.83 bits per heavy atom. The van der Waals surface area contributed by atoms with Gasteiger partial charge < -0.3 is 14.8 Å². The molecule has 1 N–H and O–H groups in total. The van der Waals surface area contributed by atoms with Crippen molar-refractivity contribution in [2.24, 2.45) is 7.05 Å². The fourth-order valence-electron chi connectivity index (χ4n) is 3.75. The van der Waals surface area contributed by atoms with Gasteiger partial charge in [0.05, 0.1) is 18.6 Å². The average Bonchev–Trinajstić information content (AvgIpc) is 3.03. The smallest absolute Gasteiger partial charge is 0.262 e. The molecule has 0 radical (unpaired) electrons. The zero-order chi connectivity index (χ0) is 21.1. The summed E-state index contributed by atoms with van der Waals surface area (Å²) < 4.78 is 12.8. The lowest BCUT2D eigenvalue weighted by Crippen LogP contribution is -2.35. The van der Waals surface area contributed by atoms with Crippen molar-refractivity contribution in [2.75, 3.05) is 38.2 Å². The predicted octanol–water partition coefficient (Wildman–Crippen LogP) is 2.43. The van der Waals surface area contributed by atoms with E-state index in [0.29, 0.717) is 5.88 Å². The molecule has 8 heteroatoms. The van der Waals surface area contributed by atoms with Crippen LogP contribution < -0.4 is 10.1 Å². The van der Waals surface area contributed by atoms with Crippen LogP contribution in [0.3, 0.4) is 0 Å². The zero-order valence-corrected chi connectivity index (χ0v) is 17.6. The summed E-state index contributed by atoms with van der Waals surface area (Å²) in [5.41, 5.74) is 4.61. The molecule has 3 aromatic rings. The summed E-state index contributed by atoms with van der Waals surface area (Å²) in [5, 5.41) is 8.13. The number of hydrogen-bond donors (Lipinski definition) is 1. The monoisotopic (exact) mass is 409 g/mol. The standard InChI is InChI=1S/C22H27N5O3/c1-15-11-16(2)23-21-20(15)22(25-26(21)3)30-14-19(28)24-18-6-4-5-17(12-18)13-27-7-9-29-10-8-27/h4-6,11-12H,7-10,13-14H2,1-3H3,(H,24,28). The van der Waals surface area contributed by atoms with Gasteiger partial charge in [-0.25, -0.2) is 9.67 Å². The van der Waals surface area contributed by atoms with Crippen LogP contribution in [0.25, 0.3) is 11.0 Å². The molecule has 3 heterocycles. The number of pyridine rings is 1. The molecule has 0 spiro atoms. The molecule has 8 nitrogen and oxygen atoms in total. The summed E-state index contributed by atoms with van der Waals surface area (Å²) in [6.45, 7) is 8.05. The van der Waals surface area contributed by atoms with E-state index >= 15 is 0 Å². The fourth-order valence-corrected chi connectivity index (χ4v) is 3.75. The molecule has 1 aromatic carbocycles. The fraction of sp³-hybridized carbons (Fsp3) is 0.409. The van der Waals surface area contributed by atoms with Gasteiger partial charge in [-0.3, -0.25) is 9.69 Å². The Hall–Kier alpha value is -2.97. The number of morpholine rings is 1. The predicted molar refractivity (Wildman–Crippen MR) is 115 cm³/mol. The topological polar surface area (TPSA) is 81.5 Å². The van der Waals surface area contributed by atoms with Crippen LogP contribution in [0.1, 0.15) is 16.8 Å². The average molecular weight is 409 g/mol. The molecule has 0 saturated carbocycles. The molecular weight excluding hydrogens is 382 g/mol. The molecule has 0 bridgehead atoms. The number of nitrogens with one attached hydrogen (secondary N) is 1. The maximum absolute atomic E-state index is 12.5. The van der Waals surface area contributed by atoms with Gasteiger partial charge in [0.1, 0.15) is 0 Å². The van der Waals surface area contributed by atoms with Gasteiger partial charge in [-0.15, -0.1) is 5.10 Å². The van der Waals surface area contributed by atoms with E-state index < -0.39 is 0 Å². The number of aryl methyl sites for hydroxylation is 3. The summed E-state index contributed by atoms with van der Waals surface area (Å²) >= 11 is 0. The van der Waals surface area contributed by atoms with Gasteiger partial charge in [0.2, 0.25) is 5.88 Å². The van der Waals surface area contributed by atoms with Crippen LogP contribution in [-0.4, -0.2) is 58.5 Å². The van der Waals surface area contributed by atoms with Crippen LogP contribution in [0.15, 0.2) is 30.3 Å². The highest BCUT2D eigenvalue weighted by Gasteiger charge is 2.16. The summed E-state index contributed by atoms with van der Waals surface area (Å²) in [6, 6.07) is 9.89. The molecule has 1 fully saturated rings. The SMILES string of the molecule is Cc1cc(C)c2c(OCC(=O)Nc3cccc(CN4CCOCC4)c3)nn(C)c2n1. The third kappa shape index (κ3) is 4.60. The molecule has 1 aliphatic heterocycles.